The summed E-state index contributed by atoms with van der Waals surface area (Å²) in [5, 5.41) is 7.29. The molecule has 6 nitrogen and oxygen atoms in total. The summed E-state index contributed by atoms with van der Waals surface area (Å²) in [7, 11) is 1.64. The van der Waals surface area contributed by atoms with Crippen LogP contribution in [-0.2, 0) is 6.61 Å². The number of rotatable bonds is 8. The lowest BCUT2D eigenvalue weighted by Crippen LogP contribution is -1.98. The third-order valence-corrected chi connectivity index (χ3v) is 4.34. The van der Waals surface area contributed by atoms with Crippen molar-refractivity contribution in [3.63, 3.8) is 0 Å². The number of nitrogens with zero attached hydrogens (tertiary/aromatic N) is 2. The molecule has 0 bridgehead atoms. The van der Waals surface area contributed by atoms with Crippen LogP contribution in [0.15, 0.2) is 71.5 Å². The molecule has 6 heteroatoms. The van der Waals surface area contributed by atoms with E-state index in [1.807, 2.05) is 78.9 Å². The standard InChI is InChI=1S/C24H21N3O3/c1-28-24-16-23(30-17-21-5-2-3-13-25-21)11-8-18(24)7-9-19-15-20(27-26-19)10-12-22-6-4-14-29-22/h2-16H,17H2,1H3,(H,26,27). The van der Waals surface area contributed by atoms with E-state index >= 15 is 0 Å². The zero-order chi connectivity index (χ0) is 20.6. The van der Waals surface area contributed by atoms with Crippen molar-refractivity contribution in [2.45, 2.75) is 6.61 Å². The van der Waals surface area contributed by atoms with Crippen molar-refractivity contribution in [3.05, 3.63) is 95.5 Å². The lowest BCUT2D eigenvalue weighted by Gasteiger charge is -2.09. The highest BCUT2D eigenvalue weighted by Crippen LogP contribution is 2.27. The number of hydrogen-bond donors (Lipinski definition) is 1. The van der Waals surface area contributed by atoms with Crippen LogP contribution in [0.4, 0.5) is 0 Å². The maximum atomic E-state index is 5.81. The molecule has 0 fully saturated rings. The van der Waals surface area contributed by atoms with Crippen molar-refractivity contribution in [2.75, 3.05) is 7.11 Å². The molecule has 0 atom stereocenters. The average Bonchev–Trinajstić information content (AvgIpc) is 3.48. The van der Waals surface area contributed by atoms with Crippen molar-refractivity contribution in [2.24, 2.45) is 0 Å². The second-order valence-corrected chi connectivity index (χ2v) is 6.44. The van der Waals surface area contributed by atoms with Gasteiger partial charge in [0.05, 0.1) is 30.5 Å². The van der Waals surface area contributed by atoms with E-state index in [-0.39, 0.29) is 0 Å². The lowest BCUT2D eigenvalue weighted by molar-refractivity contribution is 0.299. The van der Waals surface area contributed by atoms with E-state index in [4.69, 9.17) is 13.9 Å². The van der Waals surface area contributed by atoms with E-state index in [1.54, 1.807) is 19.6 Å². The second-order valence-electron chi connectivity index (χ2n) is 6.44. The maximum Gasteiger partial charge on any atom is 0.130 e. The van der Waals surface area contributed by atoms with Gasteiger partial charge in [0.1, 0.15) is 23.9 Å². The first-order valence-corrected chi connectivity index (χ1v) is 9.46. The predicted octanol–water partition coefficient (Wildman–Crippen LogP) is 5.33. The van der Waals surface area contributed by atoms with Gasteiger partial charge in [0.2, 0.25) is 0 Å². The van der Waals surface area contributed by atoms with Crippen LogP contribution in [0.3, 0.4) is 0 Å². The highest BCUT2D eigenvalue weighted by atomic mass is 16.5. The third kappa shape index (κ3) is 5.05. The molecule has 3 aromatic heterocycles. The molecule has 1 aromatic carbocycles. The first-order valence-electron chi connectivity index (χ1n) is 9.46. The third-order valence-electron chi connectivity index (χ3n) is 4.34. The van der Waals surface area contributed by atoms with Crippen LogP contribution in [0.2, 0.25) is 0 Å². The smallest absolute Gasteiger partial charge is 0.130 e. The Kier molecular flexibility index (Phi) is 6.05. The number of nitrogens with one attached hydrogen (secondary N) is 1. The molecule has 0 saturated carbocycles. The van der Waals surface area contributed by atoms with Gasteiger partial charge in [0.15, 0.2) is 0 Å². The van der Waals surface area contributed by atoms with E-state index in [2.05, 4.69) is 15.2 Å². The second kappa shape index (κ2) is 9.43. The summed E-state index contributed by atoms with van der Waals surface area (Å²) in [6, 6.07) is 17.2. The fourth-order valence-electron chi connectivity index (χ4n) is 2.82. The largest absolute Gasteiger partial charge is 0.496 e. The Morgan fingerprint density at radius 3 is 2.77 bits per heavy atom. The predicted molar refractivity (Wildman–Crippen MR) is 117 cm³/mol. The molecule has 0 spiro atoms. The topological polar surface area (TPSA) is 73.2 Å². The molecule has 150 valence electrons. The highest BCUT2D eigenvalue weighted by molar-refractivity contribution is 5.73. The number of furan rings is 1. The minimum Gasteiger partial charge on any atom is -0.496 e. The summed E-state index contributed by atoms with van der Waals surface area (Å²) >= 11 is 0. The number of benzene rings is 1. The number of H-pyrrole nitrogens is 1. The van der Waals surface area contributed by atoms with Crippen molar-refractivity contribution in [3.8, 4) is 11.5 Å². The summed E-state index contributed by atoms with van der Waals surface area (Å²) in [5.74, 6) is 2.23. The van der Waals surface area contributed by atoms with Crippen molar-refractivity contribution in [1.82, 2.24) is 15.2 Å². The van der Waals surface area contributed by atoms with Crippen molar-refractivity contribution >= 4 is 24.3 Å². The summed E-state index contributed by atoms with van der Waals surface area (Å²) < 4.78 is 16.6. The van der Waals surface area contributed by atoms with E-state index in [0.29, 0.717) is 6.61 Å². The Balaban J connectivity index is 1.41. The van der Waals surface area contributed by atoms with E-state index in [0.717, 1.165) is 39.9 Å². The van der Waals surface area contributed by atoms with Gasteiger partial charge in [-0.3, -0.25) is 10.1 Å². The first kappa shape index (κ1) is 19.3. The molecule has 0 saturated heterocycles. The zero-order valence-electron chi connectivity index (χ0n) is 16.5. The molecule has 30 heavy (non-hydrogen) atoms. The molecule has 3 heterocycles. The average molecular weight is 399 g/mol. The van der Waals surface area contributed by atoms with Gasteiger partial charge in [0, 0.05) is 17.8 Å². The number of aromatic nitrogens is 3. The van der Waals surface area contributed by atoms with Gasteiger partial charge in [-0.15, -0.1) is 0 Å². The van der Waals surface area contributed by atoms with Gasteiger partial charge in [-0.2, -0.15) is 5.10 Å². The summed E-state index contributed by atoms with van der Waals surface area (Å²) in [6.07, 6.45) is 11.1. The zero-order valence-corrected chi connectivity index (χ0v) is 16.5. The number of aromatic amines is 1. The molecule has 0 aliphatic rings. The molecule has 0 aliphatic carbocycles. The number of pyridine rings is 1. The Bertz CT molecular complexity index is 1130. The molecule has 4 aromatic rings. The van der Waals surface area contributed by atoms with Crippen LogP contribution in [0, 0.1) is 0 Å². The van der Waals surface area contributed by atoms with Crippen LogP contribution >= 0.6 is 0 Å². The van der Waals surface area contributed by atoms with Crippen molar-refractivity contribution in [1.29, 1.82) is 0 Å². The molecule has 1 N–H and O–H groups in total. The van der Waals surface area contributed by atoms with Gasteiger partial charge in [0.25, 0.3) is 0 Å². The number of hydrogen-bond acceptors (Lipinski definition) is 5. The van der Waals surface area contributed by atoms with Gasteiger partial charge >= 0.3 is 0 Å². The molecular weight excluding hydrogens is 378 g/mol. The van der Waals surface area contributed by atoms with Gasteiger partial charge in [-0.25, -0.2) is 0 Å². The first-order chi connectivity index (χ1) is 14.8. The van der Waals surface area contributed by atoms with E-state index in [1.165, 1.54) is 0 Å². The maximum absolute atomic E-state index is 5.81. The van der Waals surface area contributed by atoms with E-state index < -0.39 is 0 Å². The lowest BCUT2D eigenvalue weighted by atomic mass is 10.1. The van der Waals surface area contributed by atoms with Crippen LogP contribution in [-0.4, -0.2) is 22.3 Å². The number of methoxy groups -OCH3 is 1. The molecule has 0 amide bonds. The normalized spacial score (nSPS) is 11.4. The summed E-state index contributed by atoms with van der Waals surface area (Å²) in [5.41, 5.74) is 3.50. The van der Waals surface area contributed by atoms with Gasteiger partial charge in [-0.1, -0.05) is 6.07 Å². The Morgan fingerprint density at radius 2 is 1.97 bits per heavy atom. The Labute approximate surface area is 174 Å². The van der Waals surface area contributed by atoms with Gasteiger partial charge in [-0.05, 0) is 66.8 Å². The van der Waals surface area contributed by atoms with Crippen LogP contribution < -0.4 is 9.47 Å². The molecule has 4 rings (SSSR count). The minimum absolute atomic E-state index is 0.404. The fraction of sp³-hybridized carbons (Fsp3) is 0.0833. The minimum atomic E-state index is 0.404. The molecule has 0 radical (unpaired) electrons. The number of ether oxygens (including phenoxy) is 2. The Hall–Kier alpha value is -4.06. The molecule has 0 aliphatic heterocycles. The van der Waals surface area contributed by atoms with Crippen molar-refractivity contribution < 1.29 is 13.9 Å². The monoisotopic (exact) mass is 399 g/mol. The Morgan fingerprint density at radius 1 is 1.00 bits per heavy atom. The van der Waals surface area contributed by atoms with Gasteiger partial charge < -0.3 is 13.9 Å². The molecule has 0 unspecified atom stereocenters. The van der Waals surface area contributed by atoms with Crippen LogP contribution in [0.1, 0.15) is 28.4 Å². The SMILES string of the molecule is COc1cc(OCc2ccccn2)ccc1C=Cc1cc(C=Cc2ccco2)[nH]n1. The fourth-order valence-corrected chi connectivity index (χ4v) is 2.82. The quantitative estimate of drug-likeness (QED) is 0.434. The van der Waals surface area contributed by atoms with Crippen LogP contribution in [0.5, 0.6) is 11.5 Å². The summed E-state index contributed by atoms with van der Waals surface area (Å²) in [6.45, 7) is 0.404. The van der Waals surface area contributed by atoms with Crippen LogP contribution in [0.25, 0.3) is 24.3 Å². The highest BCUT2D eigenvalue weighted by Gasteiger charge is 2.04. The summed E-state index contributed by atoms with van der Waals surface area (Å²) in [4.78, 5) is 4.26. The molecular formula is C24H21N3O3. The van der Waals surface area contributed by atoms with E-state index in [9.17, 15) is 0 Å².